The molecule has 0 aromatic heterocycles. The summed E-state index contributed by atoms with van der Waals surface area (Å²) in [4.78, 5) is 0. The van der Waals surface area contributed by atoms with Crippen molar-refractivity contribution in [3.05, 3.63) is 69.7 Å². The summed E-state index contributed by atoms with van der Waals surface area (Å²) in [6, 6.07) is 8.66. The van der Waals surface area contributed by atoms with Crippen LogP contribution in [0.4, 0.5) is 8.78 Å². The Kier molecular flexibility index (Phi) is 4.14. The Labute approximate surface area is 115 Å². The van der Waals surface area contributed by atoms with Crippen molar-refractivity contribution >= 4 is 11.6 Å². The van der Waals surface area contributed by atoms with Gasteiger partial charge in [0.05, 0.1) is 11.1 Å². The summed E-state index contributed by atoms with van der Waals surface area (Å²) in [6.07, 6.45) is 0. The van der Waals surface area contributed by atoms with Crippen molar-refractivity contribution in [2.45, 2.75) is 13.0 Å². The third kappa shape index (κ3) is 2.92. The molecule has 0 spiro atoms. The zero-order valence-corrected chi connectivity index (χ0v) is 11.0. The van der Waals surface area contributed by atoms with Crippen LogP contribution in [0.5, 0.6) is 0 Å². The van der Waals surface area contributed by atoms with Gasteiger partial charge in [0.1, 0.15) is 11.6 Å². The van der Waals surface area contributed by atoms with Gasteiger partial charge in [-0.1, -0.05) is 29.8 Å². The minimum Gasteiger partial charge on any atom is -0.271 e. The lowest BCUT2D eigenvalue weighted by molar-refractivity contribution is 0.591. The molecule has 0 saturated heterocycles. The number of nitrogens with one attached hydrogen (secondary N) is 1. The second kappa shape index (κ2) is 5.65. The van der Waals surface area contributed by atoms with Gasteiger partial charge in [-0.05, 0) is 41.8 Å². The van der Waals surface area contributed by atoms with E-state index >= 15 is 0 Å². The fraction of sp³-hybridized carbons (Fsp3) is 0.143. The molecule has 1 unspecified atom stereocenters. The van der Waals surface area contributed by atoms with Crippen LogP contribution in [-0.4, -0.2) is 0 Å². The van der Waals surface area contributed by atoms with Crippen molar-refractivity contribution < 1.29 is 8.78 Å². The second-order valence-electron chi connectivity index (χ2n) is 4.28. The first kappa shape index (κ1) is 13.9. The van der Waals surface area contributed by atoms with Gasteiger partial charge in [-0.3, -0.25) is 5.84 Å². The van der Waals surface area contributed by atoms with Gasteiger partial charge >= 0.3 is 0 Å². The van der Waals surface area contributed by atoms with E-state index in [0.29, 0.717) is 16.7 Å². The van der Waals surface area contributed by atoms with Gasteiger partial charge in [0.25, 0.3) is 0 Å². The lowest BCUT2D eigenvalue weighted by Gasteiger charge is -2.17. The number of hydrazine groups is 1. The van der Waals surface area contributed by atoms with Gasteiger partial charge in [0.15, 0.2) is 0 Å². The SMILES string of the molecule is Cc1ccc(C(NN)c2ccc(Cl)c(F)c2)cc1F. The van der Waals surface area contributed by atoms with Crippen molar-refractivity contribution in [2.24, 2.45) is 5.84 Å². The quantitative estimate of drug-likeness (QED) is 0.668. The Balaban J connectivity index is 2.43. The normalized spacial score (nSPS) is 12.5. The summed E-state index contributed by atoms with van der Waals surface area (Å²) in [5.74, 6) is 4.62. The van der Waals surface area contributed by atoms with Crippen LogP contribution in [0.1, 0.15) is 22.7 Å². The summed E-state index contributed by atoms with van der Waals surface area (Å²) in [6.45, 7) is 1.67. The van der Waals surface area contributed by atoms with E-state index in [2.05, 4.69) is 5.43 Å². The van der Waals surface area contributed by atoms with Crippen LogP contribution in [0.15, 0.2) is 36.4 Å². The molecule has 0 amide bonds. The van der Waals surface area contributed by atoms with Crippen LogP contribution in [0.2, 0.25) is 5.02 Å². The molecule has 0 heterocycles. The highest BCUT2D eigenvalue weighted by Crippen LogP contribution is 2.26. The van der Waals surface area contributed by atoms with Gasteiger partial charge in [-0.25, -0.2) is 14.2 Å². The number of aryl methyl sites for hydroxylation is 1. The zero-order chi connectivity index (χ0) is 14.0. The van der Waals surface area contributed by atoms with Crippen LogP contribution < -0.4 is 11.3 Å². The minimum atomic E-state index is -0.535. The maximum atomic E-state index is 13.6. The lowest BCUT2D eigenvalue weighted by Crippen LogP contribution is -2.29. The van der Waals surface area contributed by atoms with Crippen LogP contribution in [0, 0.1) is 18.6 Å². The van der Waals surface area contributed by atoms with Crippen LogP contribution >= 0.6 is 11.6 Å². The molecule has 0 aliphatic carbocycles. The van der Waals surface area contributed by atoms with E-state index in [-0.39, 0.29) is 10.8 Å². The Morgan fingerprint density at radius 2 is 1.63 bits per heavy atom. The monoisotopic (exact) mass is 282 g/mol. The zero-order valence-electron chi connectivity index (χ0n) is 10.3. The van der Waals surface area contributed by atoms with Gasteiger partial charge in [0.2, 0.25) is 0 Å². The van der Waals surface area contributed by atoms with Crippen molar-refractivity contribution in [3.63, 3.8) is 0 Å². The lowest BCUT2D eigenvalue weighted by atomic mass is 9.98. The fourth-order valence-corrected chi connectivity index (χ4v) is 1.98. The van der Waals surface area contributed by atoms with Gasteiger partial charge in [0, 0.05) is 0 Å². The molecule has 0 saturated carbocycles. The van der Waals surface area contributed by atoms with E-state index in [4.69, 9.17) is 17.4 Å². The number of hydrogen-bond donors (Lipinski definition) is 2. The van der Waals surface area contributed by atoms with Gasteiger partial charge in [-0.15, -0.1) is 0 Å². The van der Waals surface area contributed by atoms with Gasteiger partial charge < -0.3 is 0 Å². The molecule has 100 valence electrons. The molecule has 0 aliphatic heterocycles. The van der Waals surface area contributed by atoms with Crippen LogP contribution in [-0.2, 0) is 0 Å². The summed E-state index contributed by atoms with van der Waals surface area (Å²) >= 11 is 5.63. The molecule has 0 fully saturated rings. The highest BCUT2D eigenvalue weighted by molar-refractivity contribution is 6.30. The first-order valence-corrected chi connectivity index (χ1v) is 6.08. The molecule has 5 heteroatoms. The summed E-state index contributed by atoms with van der Waals surface area (Å²) < 4.78 is 27.0. The number of rotatable bonds is 3. The molecular weight excluding hydrogens is 270 g/mol. The summed E-state index contributed by atoms with van der Waals surface area (Å²) in [5.41, 5.74) is 4.29. The highest BCUT2D eigenvalue weighted by Gasteiger charge is 2.15. The van der Waals surface area contributed by atoms with Crippen LogP contribution in [0.3, 0.4) is 0 Å². The molecule has 2 aromatic carbocycles. The van der Waals surface area contributed by atoms with Crippen molar-refractivity contribution in [3.8, 4) is 0 Å². The Hall–Kier alpha value is -1.49. The molecule has 0 bridgehead atoms. The average molecular weight is 283 g/mol. The molecule has 2 rings (SSSR count). The van der Waals surface area contributed by atoms with Crippen molar-refractivity contribution in [1.82, 2.24) is 5.43 Å². The number of nitrogens with two attached hydrogens (primary N) is 1. The fourth-order valence-electron chi connectivity index (χ4n) is 1.87. The van der Waals surface area contributed by atoms with E-state index < -0.39 is 11.9 Å². The molecule has 3 N–H and O–H groups in total. The maximum Gasteiger partial charge on any atom is 0.142 e. The number of halogens is 3. The van der Waals surface area contributed by atoms with Crippen molar-refractivity contribution in [1.29, 1.82) is 0 Å². The molecule has 2 aromatic rings. The Morgan fingerprint density at radius 1 is 1.05 bits per heavy atom. The summed E-state index contributed by atoms with van der Waals surface area (Å²) in [5, 5.41) is 0.0367. The molecule has 2 nitrogen and oxygen atoms in total. The van der Waals surface area contributed by atoms with Crippen LogP contribution in [0.25, 0.3) is 0 Å². The predicted octanol–water partition coefficient (Wildman–Crippen LogP) is 3.48. The van der Waals surface area contributed by atoms with E-state index in [9.17, 15) is 8.78 Å². The van der Waals surface area contributed by atoms with E-state index in [0.717, 1.165) is 0 Å². The molecular formula is C14H13ClF2N2. The molecule has 0 radical (unpaired) electrons. The molecule has 0 aliphatic rings. The third-order valence-corrected chi connectivity index (χ3v) is 3.28. The maximum absolute atomic E-state index is 13.6. The average Bonchev–Trinajstić information content (AvgIpc) is 2.39. The standard InChI is InChI=1S/C14H13ClF2N2/c1-8-2-3-9(6-12(8)16)14(19-18)10-4-5-11(15)13(17)7-10/h2-7,14,19H,18H2,1H3. The van der Waals surface area contributed by atoms with E-state index in [1.54, 1.807) is 25.1 Å². The predicted molar refractivity (Wildman–Crippen MR) is 71.7 cm³/mol. The Morgan fingerprint density at radius 3 is 2.16 bits per heavy atom. The Bertz CT molecular complexity index is 550. The van der Waals surface area contributed by atoms with Crippen molar-refractivity contribution in [2.75, 3.05) is 0 Å². The highest BCUT2D eigenvalue weighted by atomic mass is 35.5. The number of benzene rings is 2. The molecule has 1 atom stereocenters. The summed E-state index contributed by atoms with van der Waals surface area (Å²) in [7, 11) is 0. The third-order valence-electron chi connectivity index (χ3n) is 2.97. The van der Waals surface area contributed by atoms with Gasteiger partial charge in [-0.2, -0.15) is 0 Å². The molecule has 19 heavy (non-hydrogen) atoms. The van der Waals surface area contributed by atoms with E-state index in [1.807, 2.05) is 0 Å². The smallest absolute Gasteiger partial charge is 0.142 e. The number of hydrogen-bond acceptors (Lipinski definition) is 2. The largest absolute Gasteiger partial charge is 0.271 e. The second-order valence-corrected chi connectivity index (χ2v) is 4.69. The van der Waals surface area contributed by atoms with E-state index in [1.165, 1.54) is 18.2 Å². The first-order chi connectivity index (χ1) is 9.02. The first-order valence-electron chi connectivity index (χ1n) is 5.70. The minimum absolute atomic E-state index is 0.0367. The topological polar surface area (TPSA) is 38.0 Å².